The Labute approximate surface area is 70.3 Å². The first-order valence-electron chi connectivity index (χ1n) is 3.97. The molecule has 66 valence electrons. The largest absolute Gasteiger partial charge is 0.355 e. The van der Waals surface area contributed by atoms with Gasteiger partial charge < -0.3 is 9.47 Å². The first-order valence-corrected chi connectivity index (χ1v) is 3.97. The van der Waals surface area contributed by atoms with Crippen LogP contribution in [0.4, 0.5) is 0 Å². The van der Waals surface area contributed by atoms with Crippen LogP contribution in [-0.4, -0.2) is 34.3 Å². The highest BCUT2D eigenvalue weighted by atomic mass is 16.7. The molecule has 1 aliphatic rings. The van der Waals surface area contributed by atoms with Crippen LogP contribution in [0.3, 0.4) is 0 Å². The quantitative estimate of drug-likeness (QED) is 0.627. The van der Waals surface area contributed by atoms with Gasteiger partial charge in [0, 0.05) is 0 Å². The molecule has 1 aromatic rings. The van der Waals surface area contributed by atoms with Gasteiger partial charge in [0.25, 0.3) is 0 Å². The fourth-order valence-electron chi connectivity index (χ4n) is 1.18. The average Bonchev–Trinajstić information content (AvgIpc) is 2.59. The van der Waals surface area contributed by atoms with Gasteiger partial charge in [-0.3, -0.25) is 4.68 Å². The van der Waals surface area contributed by atoms with Crippen molar-refractivity contribution in [2.24, 2.45) is 0 Å². The summed E-state index contributed by atoms with van der Waals surface area (Å²) in [7, 11) is 0. The van der Waals surface area contributed by atoms with Crippen molar-refractivity contribution in [1.82, 2.24) is 14.8 Å². The molecule has 1 atom stereocenters. The van der Waals surface area contributed by atoms with E-state index in [1.807, 2.05) is 0 Å². The molecule has 0 spiro atoms. The molecule has 1 unspecified atom stereocenters. The van der Waals surface area contributed by atoms with Crippen LogP contribution >= 0.6 is 0 Å². The van der Waals surface area contributed by atoms with Crippen molar-refractivity contribution in [2.45, 2.75) is 19.1 Å². The minimum atomic E-state index is 0.223. The van der Waals surface area contributed by atoms with Crippen molar-refractivity contribution >= 4 is 0 Å². The number of rotatable bonds is 2. The Kier molecular flexibility index (Phi) is 2.33. The summed E-state index contributed by atoms with van der Waals surface area (Å²) < 4.78 is 12.2. The zero-order valence-corrected chi connectivity index (χ0v) is 6.72. The highest BCUT2D eigenvalue weighted by molar-refractivity contribution is 4.63. The topological polar surface area (TPSA) is 49.2 Å². The van der Waals surface area contributed by atoms with Gasteiger partial charge in [-0.05, 0) is 6.42 Å². The van der Waals surface area contributed by atoms with Gasteiger partial charge in [-0.1, -0.05) is 0 Å². The van der Waals surface area contributed by atoms with Crippen LogP contribution in [0.2, 0.25) is 0 Å². The Morgan fingerprint density at radius 3 is 3.25 bits per heavy atom. The maximum absolute atomic E-state index is 5.34. The van der Waals surface area contributed by atoms with Crippen LogP contribution < -0.4 is 0 Å². The Hall–Kier alpha value is -0.940. The molecule has 0 bridgehead atoms. The molecule has 0 radical (unpaired) electrons. The molecular formula is C7H11N3O2. The summed E-state index contributed by atoms with van der Waals surface area (Å²) in [5.74, 6) is 0. The summed E-state index contributed by atoms with van der Waals surface area (Å²) >= 11 is 0. The Bertz CT molecular complexity index is 219. The predicted octanol–water partition coefficient (Wildman–Crippen LogP) is 0.0411. The second-order valence-electron chi connectivity index (χ2n) is 2.72. The van der Waals surface area contributed by atoms with E-state index in [2.05, 4.69) is 10.1 Å². The van der Waals surface area contributed by atoms with Crippen LogP contribution in [0.25, 0.3) is 0 Å². The van der Waals surface area contributed by atoms with Crippen LogP contribution in [0.5, 0.6) is 0 Å². The molecule has 12 heavy (non-hydrogen) atoms. The van der Waals surface area contributed by atoms with Gasteiger partial charge in [0.05, 0.1) is 19.3 Å². The lowest BCUT2D eigenvalue weighted by molar-refractivity contribution is -0.143. The number of hydrogen-bond donors (Lipinski definition) is 0. The summed E-state index contributed by atoms with van der Waals surface area (Å²) in [6.07, 6.45) is 4.37. The van der Waals surface area contributed by atoms with Crippen molar-refractivity contribution in [2.75, 3.05) is 13.4 Å². The average molecular weight is 169 g/mol. The van der Waals surface area contributed by atoms with Gasteiger partial charge in [-0.2, -0.15) is 5.10 Å². The van der Waals surface area contributed by atoms with Crippen molar-refractivity contribution in [3.63, 3.8) is 0 Å². The molecule has 1 saturated heterocycles. The molecule has 5 nitrogen and oxygen atoms in total. The summed E-state index contributed by atoms with van der Waals surface area (Å²) in [6, 6.07) is 0. The predicted molar refractivity (Wildman–Crippen MR) is 40.3 cm³/mol. The SMILES string of the molecule is c1ncn(CC2CCOCO2)n1. The summed E-state index contributed by atoms with van der Waals surface area (Å²) in [5.41, 5.74) is 0. The zero-order chi connectivity index (χ0) is 8.23. The monoisotopic (exact) mass is 169 g/mol. The smallest absolute Gasteiger partial charge is 0.147 e. The lowest BCUT2D eigenvalue weighted by Gasteiger charge is -2.22. The molecule has 2 rings (SSSR count). The summed E-state index contributed by atoms with van der Waals surface area (Å²) in [6.45, 7) is 1.95. The van der Waals surface area contributed by atoms with Crippen molar-refractivity contribution < 1.29 is 9.47 Å². The van der Waals surface area contributed by atoms with Gasteiger partial charge in [0.15, 0.2) is 0 Å². The van der Waals surface area contributed by atoms with E-state index >= 15 is 0 Å². The molecule has 1 fully saturated rings. The van der Waals surface area contributed by atoms with E-state index in [4.69, 9.17) is 9.47 Å². The molecule has 0 aromatic carbocycles. The highest BCUT2D eigenvalue weighted by Gasteiger charge is 2.14. The van der Waals surface area contributed by atoms with Crippen LogP contribution in [0.15, 0.2) is 12.7 Å². The van der Waals surface area contributed by atoms with Crippen molar-refractivity contribution in [1.29, 1.82) is 0 Å². The standard InChI is InChI=1S/C7H11N3O2/c1-2-11-6-12-7(1)3-10-5-8-4-9-10/h4-5,7H,1-3,6H2. The molecule has 0 saturated carbocycles. The minimum absolute atomic E-state index is 0.223. The summed E-state index contributed by atoms with van der Waals surface area (Å²) in [4.78, 5) is 3.85. The fraction of sp³-hybridized carbons (Fsp3) is 0.714. The lowest BCUT2D eigenvalue weighted by Crippen LogP contribution is -2.28. The molecule has 0 aliphatic carbocycles. The van der Waals surface area contributed by atoms with Crippen molar-refractivity contribution in [3.8, 4) is 0 Å². The van der Waals surface area contributed by atoms with Crippen LogP contribution in [0, 0.1) is 0 Å². The molecule has 1 aromatic heterocycles. The summed E-state index contributed by atoms with van der Waals surface area (Å²) in [5, 5.41) is 4.00. The second-order valence-corrected chi connectivity index (χ2v) is 2.72. The number of aromatic nitrogens is 3. The zero-order valence-electron chi connectivity index (χ0n) is 6.72. The molecule has 0 N–H and O–H groups in total. The Balaban J connectivity index is 1.86. The van der Waals surface area contributed by atoms with Gasteiger partial charge in [0.2, 0.25) is 0 Å². The van der Waals surface area contributed by atoms with Gasteiger partial charge in [-0.15, -0.1) is 0 Å². The molecule has 5 heteroatoms. The number of nitrogens with zero attached hydrogens (tertiary/aromatic N) is 3. The first kappa shape index (κ1) is 7.70. The third-order valence-electron chi connectivity index (χ3n) is 1.83. The van der Waals surface area contributed by atoms with Gasteiger partial charge in [0.1, 0.15) is 19.4 Å². The van der Waals surface area contributed by atoms with E-state index in [0.717, 1.165) is 19.6 Å². The number of ether oxygens (including phenoxy) is 2. The van der Waals surface area contributed by atoms with E-state index in [0.29, 0.717) is 6.79 Å². The Morgan fingerprint density at radius 1 is 1.58 bits per heavy atom. The van der Waals surface area contributed by atoms with Crippen molar-refractivity contribution in [3.05, 3.63) is 12.7 Å². The third kappa shape index (κ3) is 1.80. The first-order chi connectivity index (χ1) is 5.95. The second kappa shape index (κ2) is 3.64. The van der Waals surface area contributed by atoms with E-state index in [1.54, 1.807) is 11.0 Å². The van der Waals surface area contributed by atoms with Gasteiger partial charge in [-0.25, -0.2) is 4.98 Å². The highest BCUT2D eigenvalue weighted by Crippen LogP contribution is 2.07. The molecular weight excluding hydrogens is 158 g/mol. The van der Waals surface area contributed by atoms with E-state index < -0.39 is 0 Å². The lowest BCUT2D eigenvalue weighted by atomic mass is 10.2. The maximum Gasteiger partial charge on any atom is 0.147 e. The molecule has 1 aliphatic heterocycles. The molecule has 0 amide bonds. The fourth-order valence-corrected chi connectivity index (χ4v) is 1.18. The van der Waals surface area contributed by atoms with E-state index in [9.17, 15) is 0 Å². The van der Waals surface area contributed by atoms with Gasteiger partial charge >= 0.3 is 0 Å². The van der Waals surface area contributed by atoms with Crippen LogP contribution in [-0.2, 0) is 16.0 Å². The van der Waals surface area contributed by atoms with Crippen LogP contribution in [0.1, 0.15) is 6.42 Å². The Morgan fingerprint density at radius 2 is 2.58 bits per heavy atom. The molecule has 2 heterocycles. The third-order valence-corrected chi connectivity index (χ3v) is 1.83. The van der Waals surface area contributed by atoms with E-state index in [-0.39, 0.29) is 6.10 Å². The minimum Gasteiger partial charge on any atom is -0.355 e. The maximum atomic E-state index is 5.34. The number of hydrogen-bond acceptors (Lipinski definition) is 4. The van der Waals surface area contributed by atoms with E-state index in [1.165, 1.54) is 6.33 Å². The normalized spacial score (nSPS) is 24.2.